The van der Waals surface area contributed by atoms with E-state index in [1.165, 1.54) is 0 Å². The van der Waals surface area contributed by atoms with Gasteiger partial charge in [0.1, 0.15) is 5.82 Å². The molecule has 2 heterocycles. The summed E-state index contributed by atoms with van der Waals surface area (Å²) in [5.41, 5.74) is 0.565. The molecular weight excluding hydrogens is 314 g/mol. The van der Waals surface area contributed by atoms with E-state index < -0.39 is 9.84 Å². The molecule has 1 fully saturated rings. The van der Waals surface area contributed by atoms with Crippen molar-refractivity contribution in [2.45, 2.75) is 13.3 Å². The Labute approximate surface area is 135 Å². The quantitative estimate of drug-likeness (QED) is 0.898. The minimum Gasteiger partial charge on any atom is -0.310 e. The predicted octanol–water partition coefficient (Wildman–Crippen LogP) is 0.832. The molecule has 6 nitrogen and oxygen atoms in total. The van der Waals surface area contributed by atoms with Crippen molar-refractivity contribution in [3.05, 3.63) is 40.4 Å². The number of benzene rings is 1. The lowest BCUT2D eigenvalue weighted by atomic mass is 10.2. The van der Waals surface area contributed by atoms with Gasteiger partial charge in [0.15, 0.2) is 9.84 Å². The standard InChI is InChI=1S/C16H21N3O3S/c1-12-10-19(8-9-23(21,22)11-12)7-6-15-17-14-5-3-2-4-13(14)16(20)18-15/h2-5,12H,6-11H2,1H3,(H,17,18,20). The van der Waals surface area contributed by atoms with Crippen LogP contribution in [0, 0.1) is 5.92 Å². The second-order valence-electron chi connectivity index (χ2n) is 6.30. The van der Waals surface area contributed by atoms with Gasteiger partial charge in [-0.15, -0.1) is 0 Å². The van der Waals surface area contributed by atoms with Crippen LogP contribution in [0.2, 0.25) is 0 Å². The first-order chi connectivity index (χ1) is 10.9. The molecule has 0 aliphatic carbocycles. The van der Waals surface area contributed by atoms with Crippen LogP contribution in [0.1, 0.15) is 12.7 Å². The zero-order chi connectivity index (χ0) is 16.4. The van der Waals surface area contributed by atoms with Gasteiger partial charge in [-0.2, -0.15) is 0 Å². The number of hydrogen-bond acceptors (Lipinski definition) is 5. The van der Waals surface area contributed by atoms with Crippen LogP contribution in [0.3, 0.4) is 0 Å². The van der Waals surface area contributed by atoms with Crippen LogP contribution in [0.25, 0.3) is 10.9 Å². The van der Waals surface area contributed by atoms with Crippen molar-refractivity contribution >= 4 is 20.7 Å². The maximum absolute atomic E-state index is 12.1. The van der Waals surface area contributed by atoms with Crippen LogP contribution in [0.4, 0.5) is 0 Å². The minimum atomic E-state index is -2.93. The van der Waals surface area contributed by atoms with Gasteiger partial charge in [0.05, 0.1) is 22.4 Å². The summed E-state index contributed by atoms with van der Waals surface area (Å²) in [5, 5.41) is 0.589. The molecule has 0 spiro atoms. The first kappa shape index (κ1) is 16.1. The fourth-order valence-corrected chi connectivity index (χ4v) is 4.77. The van der Waals surface area contributed by atoms with Gasteiger partial charge in [-0.1, -0.05) is 19.1 Å². The van der Waals surface area contributed by atoms with Crippen molar-refractivity contribution in [1.29, 1.82) is 0 Å². The Morgan fingerprint density at radius 3 is 2.96 bits per heavy atom. The maximum Gasteiger partial charge on any atom is 0.258 e. The van der Waals surface area contributed by atoms with Crippen LogP contribution in [0.5, 0.6) is 0 Å². The number of nitrogens with zero attached hydrogens (tertiary/aromatic N) is 2. The molecule has 1 aliphatic heterocycles. The molecule has 1 unspecified atom stereocenters. The van der Waals surface area contributed by atoms with Crippen LogP contribution < -0.4 is 5.56 Å². The van der Waals surface area contributed by atoms with Gasteiger partial charge in [0, 0.05) is 26.1 Å². The average Bonchev–Trinajstić information content (AvgIpc) is 2.62. The smallest absolute Gasteiger partial charge is 0.258 e. The number of sulfone groups is 1. The molecule has 3 rings (SSSR count). The highest BCUT2D eigenvalue weighted by Gasteiger charge is 2.24. The number of hydrogen-bond donors (Lipinski definition) is 1. The molecule has 0 radical (unpaired) electrons. The summed E-state index contributed by atoms with van der Waals surface area (Å²) < 4.78 is 23.6. The summed E-state index contributed by atoms with van der Waals surface area (Å²) in [6.45, 7) is 3.97. The zero-order valence-electron chi connectivity index (χ0n) is 13.2. The SMILES string of the molecule is CC1CN(CCc2nc3ccccc3c(=O)[nH]2)CCS(=O)(=O)C1. The third-order valence-electron chi connectivity index (χ3n) is 4.15. The second kappa shape index (κ2) is 6.41. The van der Waals surface area contributed by atoms with Gasteiger partial charge in [0.25, 0.3) is 5.56 Å². The van der Waals surface area contributed by atoms with Crippen LogP contribution in [0.15, 0.2) is 29.1 Å². The highest BCUT2D eigenvalue weighted by Crippen LogP contribution is 2.12. The summed E-state index contributed by atoms with van der Waals surface area (Å²) in [6, 6.07) is 7.26. The topological polar surface area (TPSA) is 83.1 Å². The third-order valence-corrected chi connectivity index (χ3v) is 6.04. The summed E-state index contributed by atoms with van der Waals surface area (Å²) in [5.74, 6) is 1.24. The number of H-pyrrole nitrogens is 1. The van der Waals surface area contributed by atoms with Crippen molar-refractivity contribution in [3.8, 4) is 0 Å². The Balaban J connectivity index is 1.72. The molecule has 0 amide bonds. The second-order valence-corrected chi connectivity index (χ2v) is 8.53. The van der Waals surface area contributed by atoms with Crippen molar-refractivity contribution in [2.24, 2.45) is 5.92 Å². The molecular formula is C16H21N3O3S. The van der Waals surface area contributed by atoms with E-state index in [0.29, 0.717) is 36.2 Å². The van der Waals surface area contributed by atoms with E-state index >= 15 is 0 Å². The number of aromatic amines is 1. The molecule has 124 valence electrons. The van der Waals surface area contributed by atoms with Crippen molar-refractivity contribution < 1.29 is 8.42 Å². The minimum absolute atomic E-state index is 0.127. The number of fused-ring (bicyclic) bond motifs is 1. The van der Waals surface area contributed by atoms with E-state index in [1.807, 2.05) is 25.1 Å². The third kappa shape index (κ3) is 3.97. The zero-order valence-corrected chi connectivity index (χ0v) is 14.0. The first-order valence-electron chi connectivity index (χ1n) is 7.84. The Morgan fingerprint density at radius 1 is 1.35 bits per heavy atom. The number of para-hydroxylation sites is 1. The van der Waals surface area contributed by atoms with E-state index in [2.05, 4.69) is 14.9 Å². The lowest BCUT2D eigenvalue weighted by Crippen LogP contribution is -2.32. The fraction of sp³-hybridized carbons (Fsp3) is 0.500. The van der Waals surface area contributed by atoms with Gasteiger partial charge < -0.3 is 9.88 Å². The van der Waals surface area contributed by atoms with Gasteiger partial charge in [-0.25, -0.2) is 13.4 Å². The molecule has 1 aliphatic rings. The van der Waals surface area contributed by atoms with Crippen molar-refractivity contribution in [1.82, 2.24) is 14.9 Å². The molecule has 0 saturated carbocycles. The number of nitrogens with one attached hydrogen (secondary N) is 1. The van der Waals surface area contributed by atoms with Crippen molar-refractivity contribution in [2.75, 3.05) is 31.1 Å². The molecule has 1 N–H and O–H groups in total. The Kier molecular flexibility index (Phi) is 4.50. The van der Waals surface area contributed by atoms with Gasteiger partial charge in [-0.3, -0.25) is 4.79 Å². The Bertz CT molecular complexity index is 860. The number of aromatic nitrogens is 2. The molecule has 7 heteroatoms. The molecule has 1 atom stereocenters. The van der Waals surface area contributed by atoms with Gasteiger partial charge in [-0.05, 0) is 18.1 Å². The normalized spacial score (nSPS) is 22.0. The highest BCUT2D eigenvalue weighted by atomic mass is 32.2. The van der Waals surface area contributed by atoms with E-state index in [9.17, 15) is 13.2 Å². The summed E-state index contributed by atoms with van der Waals surface area (Å²) in [4.78, 5) is 21.5. The number of rotatable bonds is 3. The summed E-state index contributed by atoms with van der Waals surface area (Å²) >= 11 is 0. The van der Waals surface area contributed by atoms with Gasteiger partial charge >= 0.3 is 0 Å². The van der Waals surface area contributed by atoms with Crippen LogP contribution in [-0.2, 0) is 16.3 Å². The fourth-order valence-electron chi connectivity index (χ4n) is 3.09. The molecule has 1 aromatic heterocycles. The monoisotopic (exact) mass is 335 g/mol. The molecule has 1 saturated heterocycles. The predicted molar refractivity (Wildman–Crippen MR) is 90.3 cm³/mol. The van der Waals surface area contributed by atoms with Gasteiger partial charge in [0.2, 0.25) is 0 Å². The van der Waals surface area contributed by atoms with E-state index in [4.69, 9.17) is 0 Å². The lowest BCUT2D eigenvalue weighted by molar-refractivity contribution is 0.266. The van der Waals surface area contributed by atoms with E-state index in [-0.39, 0.29) is 23.0 Å². The van der Waals surface area contributed by atoms with E-state index in [1.54, 1.807) is 6.07 Å². The van der Waals surface area contributed by atoms with Crippen LogP contribution >= 0.6 is 0 Å². The lowest BCUT2D eigenvalue weighted by Gasteiger charge is -2.21. The van der Waals surface area contributed by atoms with Crippen LogP contribution in [-0.4, -0.2) is 54.4 Å². The van der Waals surface area contributed by atoms with Crippen molar-refractivity contribution in [3.63, 3.8) is 0 Å². The summed E-state index contributed by atoms with van der Waals surface area (Å²) in [6.07, 6.45) is 0.604. The first-order valence-corrected chi connectivity index (χ1v) is 9.66. The summed E-state index contributed by atoms with van der Waals surface area (Å²) in [7, 11) is -2.93. The largest absolute Gasteiger partial charge is 0.310 e. The highest BCUT2D eigenvalue weighted by molar-refractivity contribution is 7.91. The maximum atomic E-state index is 12.1. The molecule has 0 bridgehead atoms. The van der Waals surface area contributed by atoms with E-state index in [0.717, 1.165) is 6.54 Å². The average molecular weight is 335 g/mol. The molecule has 23 heavy (non-hydrogen) atoms. The Morgan fingerprint density at radius 2 is 2.13 bits per heavy atom. The molecule has 1 aromatic carbocycles. The Hall–Kier alpha value is -1.73. The molecule has 2 aromatic rings.